The highest BCUT2D eigenvalue weighted by molar-refractivity contribution is 6.22. The maximum Gasteiger partial charge on any atom is 0.181 e. The topological polar surface area (TPSA) is 156 Å². The van der Waals surface area contributed by atoms with Crippen molar-refractivity contribution in [2.45, 2.75) is 0 Å². The number of aromatic nitrogens is 8. The van der Waals surface area contributed by atoms with E-state index in [0.717, 1.165) is 111 Å². The quantitative estimate of drug-likeness (QED) is 0.133. The molecule has 72 heavy (non-hydrogen) atoms. The molecule has 0 radical (unpaired) electrons. The van der Waals surface area contributed by atoms with Gasteiger partial charge in [0.1, 0.15) is 47.8 Å². The zero-order valence-electron chi connectivity index (χ0n) is 38.0. The van der Waals surface area contributed by atoms with Crippen molar-refractivity contribution >= 4 is 43.1 Å². The van der Waals surface area contributed by atoms with Gasteiger partial charge < -0.3 is 17.7 Å². The summed E-state index contributed by atoms with van der Waals surface area (Å²) in [6.45, 7) is 0. The molecule has 14 rings (SSSR count). The fraction of sp³-hybridized carbons (Fsp3) is 0. The Balaban J connectivity index is 0.000000140. The van der Waals surface area contributed by atoms with Gasteiger partial charge in [-0.25, -0.2) is 39.9 Å². The van der Waals surface area contributed by atoms with E-state index in [1.165, 1.54) is 25.6 Å². The van der Waals surface area contributed by atoms with Gasteiger partial charge >= 0.3 is 0 Å². The molecule has 0 aliphatic heterocycles. The minimum atomic E-state index is 0.705. The molecule has 0 unspecified atom stereocenters. The summed E-state index contributed by atoms with van der Waals surface area (Å²) < 4.78 is 20.8. The number of pyridine rings is 4. The van der Waals surface area contributed by atoms with Crippen molar-refractivity contribution in [1.29, 1.82) is 0 Å². The number of rotatable bonds is 8. The third-order valence-electron chi connectivity index (χ3n) is 12.7. The predicted molar refractivity (Wildman–Crippen MR) is 278 cm³/mol. The van der Waals surface area contributed by atoms with Gasteiger partial charge in [0, 0.05) is 22.3 Å². The van der Waals surface area contributed by atoms with Crippen molar-refractivity contribution in [3.05, 3.63) is 220 Å². The van der Waals surface area contributed by atoms with Crippen LogP contribution in [0.2, 0.25) is 0 Å². The Labute approximate surface area is 410 Å². The maximum absolute atomic E-state index is 5.19. The molecule has 12 heteroatoms. The lowest BCUT2D eigenvalue weighted by Crippen LogP contribution is -1.95. The maximum atomic E-state index is 5.19. The summed E-state index contributed by atoms with van der Waals surface area (Å²) >= 11 is 0. The molecular weight excluding hydrogens is 897 g/mol. The molecule has 0 saturated carbocycles. The first-order valence-corrected chi connectivity index (χ1v) is 23.0. The second-order valence-corrected chi connectivity index (χ2v) is 16.8. The Morgan fingerprint density at radius 3 is 0.569 bits per heavy atom. The molecule has 0 aliphatic carbocycles. The molecule has 0 N–H and O–H groups in total. The minimum absolute atomic E-state index is 0.705. The molecule has 8 heterocycles. The Morgan fingerprint density at radius 2 is 0.389 bits per heavy atom. The van der Waals surface area contributed by atoms with Crippen molar-refractivity contribution < 1.29 is 17.7 Å². The third kappa shape index (κ3) is 7.52. The van der Waals surface area contributed by atoms with Gasteiger partial charge in [0.25, 0.3) is 0 Å². The van der Waals surface area contributed by atoms with E-state index >= 15 is 0 Å². The highest BCUT2D eigenvalue weighted by Crippen LogP contribution is 2.45. The van der Waals surface area contributed by atoms with Crippen LogP contribution in [-0.4, -0.2) is 39.9 Å². The molecule has 12 nitrogen and oxygen atoms in total. The van der Waals surface area contributed by atoms with Gasteiger partial charge in [-0.1, -0.05) is 121 Å². The third-order valence-corrected chi connectivity index (χ3v) is 12.7. The normalized spacial score (nSPS) is 11.3. The van der Waals surface area contributed by atoms with Crippen molar-refractivity contribution in [2.24, 2.45) is 0 Å². The average Bonchev–Trinajstić information content (AvgIpc) is 4.32. The second kappa shape index (κ2) is 18.0. The molecule has 0 fully saturated rings. The predicted octanol–water partition coefficient (Wildman–Crippen LogP) is 14.9. The fourth-order valence-electron chi connectivity index (χ4n) is 9.58. The van der Waals surface area contributed by atoms with Crippen LogP contribution in [0.25, 0.3) is 134 Å². The van der Waals surface area contributed by atoms with E-state index in [0.29, 0.717) is 22.8 Å². The van der Waals surface area contributed by atoms with Gasteiger partial charge in [-0.3, -0.25) is 0 Å². The van der Waals surface area contributed by atoms with E-state index in [-0.39, 0.29) is 0 Å². The molecular formula is C60H36N8O4. The Kier molecular flexibility index (Phi) is 10.5. The molecule has 0 bridgehead atoms. The van der Waals surface area contributed by atoms with Crippen molar-refractivity contribution in [3.63, 3.8) is 0 Å². The molecule has 0 amide bonds. The largest absolute Gasteiger partial charge is 0.451 e. The van der Waals surface area contributed by atoms with E-state index in [4.69, 9.17) is 37.6 Å². The molecule has 6 aromatic carbocycles. The molecule has 0 aliphatic rings. The summed E-state index contributed by atoms with van der Waals surface area (Å²) in [5.41, 5.74) is 13.7. The average molecular weight is 933 g/mol. The smallest absolute Gasteiger partial charge is 0.181 e. The van der Waals surface area contributed by atoms with E-state index in [2.05, 4.69) is 117 Å². The fourth-order valence-corrected chi connectivity index (χ4v) is 9.58. The van der Waals surface area contributed by atoms with Crippen LogP contribution in [0.4, 0.5) is 0 Å². The molecule has 0 atom stereocenters. The first-order chi connectivity index (χ1) is 35.7. The van der Waals surface area contributed by atoms with Crippen molar-refractivity contribution in [3.8, 4) is 90.6 Å². The zero-order chi connectivity index (χ0) is 47.8. The SMILES string of the molecule is c1cc(-c2cocn2)nc(-c2c3ccccc3c(-c3cccc(-c4cocn4)n3)c3ccccc23)c1.c1cc(-c2cocn2)nc(-c2c3ccccc3c(-c3cccc(-c4cocn4)n3)c3ccccc23)c1. The molecule has 8 aromatic heterocycles. The molecule has 340 valence electrons. The van der Waals surface area contributed by atoms with E-state index in [1.807, 2.05) is 72.8 Å². The highest BCUT2D eigenvalue weighted by Gasteiger charge is 2.21. The number of oxazole rings is 4. The van der Waals surface area contributed by atoms with Crippen LogP contribution in [0.1, 0.15) is 0 Å². The second-order valence-electron chi connectivity index (χ2n) is 16.8. The van der Waals surface area contributed by atoms with Crippen LogP contribution < -0.4 is 0 Å². The van der Waals surface area contributed by atoms with Crippen LogP contribution in [0.5, 0.6) is 0 Å². The minimum Gasteiger partial charge on any atom is -0.451 e. The first kappa shape index (κ1) is 41.9. The number of fused-ring (bicyclic) bond motifs is 4. The summed E-state index contributed by atoms with van der Waals surface area (Å²) in [5.74, 6) is 0. The number of hydrogen-bond donors (Lipinski definition) is 0. The standard InChI is InChI=1S/2C30H18N4O2/c2*1-2-8-20-19(7-1)29(25-13-5-11-23(33-25)27-15-35-17-31-27)21-9-3-4-10-22(21)30(20)26-14-6-12-24(34-26)28-16-36-18-32-28/h2*1-18H. The van der Waals surface area contributed by atoms with Crippen molar-refractivity contribution in [1.82, 2.24) is 39.9 Å². The number of nitrogens with zero attached hydrogens (tertiary/aromatic N) is 8. The summed E-state index contributed by atoms with van der Waals surface area (Å²) in [7, 11) is 0. The lowest BCUT2D eigenvalue weighted by Gasteiger charge is -2.17. The lowest BCUT2D eigenvalue weighted by atomic mass is 9.88. The summed E-state index contributed by atoms with van der Waals surface area (Å²) in [4.78, 5) is 37.0. The Bertz CT molecular complexity index is 3570. The summed E-state index contributed by atoms with van der Waals surface area (Å²) in [6, 6.07) is 57.6. The number of hydrogen-bond acceptors (Lipinski definition) is 12. The lowest BCUT2D eigenvalue weighted by molar-refractivity contribution is 0.558. The van der Waals surface area contributed by atoms with Gasteiger partial charge in [0.15, 0.2) is 25.6 Å². The van der Waals surface area contributed by atoms with Crippen LogP contribution in [0, 0.1) is 0 Å². The van der Waals surface area contributed by atoms with Gasteiger partial charge in [0.2, 0.25) is 0 Å². The highest BCUT2D eigenvalue weighted by atomic mass is 16.3. The van der Waals surface area contributed by atoms with Gasteiger partial charge in [-0.2, -0.15) is 0 Å². The summed E-state index contributed by atoms with van der Waals surface area (Å²) in [6.07, 6.45) is 12.1. The van der Waals surface area contributed by atoms with Crippen LogP contribution in [0.15, 0.2) is 238 Å². The zero-order valence-corrected chi connectivity index (χ0v) is 38.0. The summed E-state index contributed by atoms with van der Waals surface area (Å²) in [5, 5.41) is 8.81. The molecule has 0 saturated heterocycles. The van der Waals surface area contributed by atoms with Crippen LogP contribution in [0.3, 0.4) is 0 Å². The Hall–Kier alpha value is -10.2. The van der Waals surface area contributed by atoms with Crippen LogP contribution in [-0.2, 0) is 0 Å². The van der Waals surface area contributed by atoms with Crippen molar-refractivity contribution in [2.75, 3.05) is 0 Å². The van der Waals surface area contributed by atoms with E-state index in [1.54, 1.807) is 25.1 Å². The molecule has 0 spiro atoms. The van der Waals surface area contributed by atoms with Gasteiger partial charge in [0.05, 0.1) is 45.6 Å². The van der Waals surface area contributed by atoms with Crippen LogP contribution >= 0.6 is 0 Å². The van der Waals surface area contributed by atoms with Gasteiger partial charge in [-0.15, -0.1) is 0 Å². The first-order valence-electron chi connectivity index (χ1n) is 23.0. The van der Waals surface area contributed by atoms with E-state index < -0.39 is 0 Å². The van der Waals surface area contributed by atoms with E-state index in [9.17, 15) is 0 Å². The molecule has 14 aromatic rings. The van der Waals surface area contributed by atoms with Gasteiger partial charge in [-0.05, 0) is 91.6 Å². The number of benzene rings is 6. The Morgan fingerprint density at radius 1 is 0.194 bits per heavy atom. The monoisotopic (exact) mass is 932 g/mol.